The van der Waals surface area contributed by atoms with Crippen molar-refractivity contribution in [1.82, 2.24) is 0 Å². The molecule has 1 rings (SSSR count). The standard InChI is InChI=1S/C11H11NO/c1-8-4-3-5-10(9(8)2)11(13)6-7-12/h3-5H,6H2,1-2H3. The quantitative estimate of drug-likeness (QED) is 0.644. The minimum atomic E-state index is -0.0938. The van der Waals surface area contributed by atoms with Crippen molar-refractivity contribution in [2.45, 2.75) is 20.3 Å². The molecular formula is C11H11NO. The largest absolute Gasteiger partial charge is 0.293 e. The topological polar surface area (TPSA) is 40.9 Å². The van der Waals surface area contributed by atoms with E-state index in [0.29, 0.717) is 5.56 Å². The van der Waals surface area contributed by atoms with E-state index in [9.17, 15) is 4.79 Å². The highest BCUT2D eigenvalue weighted by Crippen LogP contribution is 2.14. The van der Waals surface area contributed by atoms with Gasteiger partial charge in [-0.05, 0) is 25.0 Å². The van der Waals surface area contributed by atoms with E-state index < -0.39 is 0 Å². The third kappa shape index (κ3) is 1.94. The lowest BCUT2D eigenvalue weighted by atomic mass is 9.99. The molecule has 0 radical (unpaired) electrons. The second kappa shape index (κ2) is 3.86. The number of ketones is 1. The van der Waals surface area contributed by atoms with Crippen LogP contribution in [0.5, 0.6) is 0 Å². The molecule has 1 aromatic rings. The van der Waals surface area contributed by atoms with Gasteiger partial charge in [-0.2, -0.15) is 5.26 Å². The predicted molar refractivity (Wildman–Crippen MR) is 50.5 cm³/mol. The maximum atomic E-state index is 11.4. The van der Waals surface area contributed by atoms with E-state index in [0.717, 1.165) is 11.1 Å². The van der Waals surface area contributed by atoms with E-state index >= 15 is 0 Å². The van der Waals surface area contributed by atoms with Crippen molar-refractivity contribution >= 4 is 5.78 Å². The van der Waals surface area contributed by atoms with E-state index in [1.54, 1.807) is 6.07 Å². The first-order valence-electron chi connectivity index (χ1n) is 4.13. The van der Waals surface area contributed by atoms with Gasteiger partial charge in [-0.15, -0.1) is 0 Å². The Hall–Kier alpha value is -1.62. The summed E-state index contributed by atoms with van der Waals surface area (Å²) in [6.07, 6.45) is -0.0374. The van der Waals surface area contributed by atoms with Crippen LogP contribution in [0.2, 0.25) is 0 Å². The molecule has 0 aliphatic rings. The molecule has 0 aliphatic carbocycles. The summed E-state index contributed by atoms with van der Waals surface area (Å²) in [5.74, 6) is -0.0938. The molecule has 0 N–H and O–H groups in total. The van der Waals surface area contributed by atoms with Gasteiger partial charge in [0, 0.05) is 5.56 Å². The maximum Gasteiger partial charge on any atom is 0.177 e. The predicted octanol–water partition coefficient (Wildman–Crippen LogP) is 2.40. The van der Waals surface area contributed by atoms with Crippen LogP contribution in [0.25, 0.3) is 0 Å². The Morgan fingerprint density at radius 3 is 2.77 bits per heavy atom. The molecule has 1 aromatic carbocycles. The summed E-state index contributed by atoms with van der Waals surface area (Å²) in [6, 6.07) is 7.43. The summed E-state index contributed by atoms with van der Waals surface area (Å²) in [6.45, 7) is 3.86. The molecule has 2 heteroatoms. The molecule has 0 aliphatic heterocycles. The van der Waals surface area contributed by atoms with Gasteiger partial charge < -0.3 is 0 Å². The van der Waals surface area contributed by atoms with Gasteiger partial charge in [0.05, 0.1) is 12.5 Å². The molecule has 0 fully saturated rings. The highest BCUT2D eigenvalue weighted by atomic mass is 16.1. The number of carbonyl (C=O) groups is 1. The van der Waals surface area contributed by atoms with Gasteiger partial charge in [0.25, 0.3) is 0 Å². The molecule has 0 unspecified atom stereocenters. The minimum absolute atomic E-state index is 0.0374. The molecule has 0 atom stereocenters. The first kappa shape index (κ1) is 9.47. The molecule has 0 heterocycles. The lowest BCUT2D eigenvalue weighted by molar-refractivity contribution is 0.0997. The fraction of sp³-hybridized carbons (Fsp3) is 0.273. The van der Waals surface area contributed by atoms with Crippen LogP contribution < -0.4 is 0 Å². The van der Waals surface area contributed by atoms with Crippen LogP contribution >= 0.6 is 0 Å². The molecule has 0 spiro atoms. The molecule has 0 bridgehead atoms. The molecule has 0 amide bonds. The van der Waals surface area contributed by atoms with Gasteiger partial charge in [-0.3, -0.25) is 4.79 Å². The first-order chi connectivity index (χ1) is 6.16. The van der Waals surface area contributed by atoms with Crippen LogP contribution in [0.1, 0.15) is 27.9 Å². The molecule has 13 heavy (non-hydrogen) atoms. The SMILES string of the molecule is Cc1cccc(C(=O)CC#N)c1C. The lowest BCUT2D eigenvalue weighted by Crippen LogP contribution is -2.01. The summed E-state index contributed by atoms with van der Waals surface area (Å²) in [5, 5.41) is 8.39. The van der Waals surface area contributed by atoms with Crippen molar-refractivity contribution in [3.8, 4) is 6.07 Å². The first-order valence-corrected chi connectivity index (χ1v) is 4.13. The highest BCUT2D eigenvalue weighted by molar-refractivity contribution is 5.98. The Balaban J connectivity index is 3.09. The Bertz CT molecular complexity index is 374. The van der Waals surface area contributed by atoms with Crippen LogP contribution in [0.3, 0.4) is 0 Å². The number of Topliss-reactive ketones (excluding diaryl/α,β-unsaturated/α-hetero) is 1. The monoisotopic (exact) mass is 173 g/mol. The third-order valence-corrected chi connectivity index (χ3v) is 2.14. The zero-order chi connectivity index (χ0) is 9.84. The average Bonchev–Trinajstić information content (AvgIpc) is 2.10. The summed E-state index contributed by atoms with van der Waals surface area (Å²) in [7, 11) is 0. The summed E-state index contributed by atoms with van der Waals surface area (Å²) >= 11 is 0. The molecule has 2 nitrogen and oxygen atoms in total. The van der Waals surface area contributed by atoms with E-state index in [-0.39, 0.29) is 12.2 Å². The van der Waals surface area contributed by atoms with Crippen LogP contribution in [-0.2, 0) is 0 Å². The molecule has 0 aromatic heterocycles. The zero-order valence-corrected chi connectivity index (χ0v) is 7.79. The van der Waals surface area contributed by atoms with Crippen molar-refractivity contribution < 1.29 is 4.79 Å². The van der Waals surface area contributed by atoms with E-state index in [1.807, 2.05) is 32.0 Å². The maximum absolute atomic E-state index is 11.4. The average molecular weight is 173 g/mol. The number of aryl methyl sites for hydroxylation is 1. The summed E-state index contributed by atoms with van der Waals surface area (Å²) < 4.78 is 0. The third-order valence-electron chi connectivity index (χ3n) is 2.14. The van der Waals surface area contributed by atoms with Gasteiger partial charge >= 0.3 is 0 Å². The number of carbonyl (C=O) groups excluding carboxylic acids is 1. The van der Waals surface area contributed by atoms with Gasteiger partial charge in [-0.1, -0.05) is 18.2 Å². The molecule has 0 saturated carbocycles. The van der Waals surface area contributed by atoms with E-state index in [1.165, 1.54) is 0 Å². The smallest absolute Gasteiger partial charge is 0.177 e. The fourth-order valence-corrected chi connectivity index (χ4v) is 1.22. The second-order valence-corrected chi connectivity index (χ2v) is 3.01. The van der Waals surface area contributed by atoms with Crippen LogP contribution in [0, 0.1) is 25.2 Å². The lowest BCUT2D eigenvalue weighted by Gasteiger charge is -2.04. The number of nitriles is 1. The van der Waals surface area contributed by atoms with Crippen LogP contribution in [0.4, 0.5) is 0 Å². The van der Waals surface area contributed by atoms with Gasteiger partial charge in [0.2, 0.25) is 0 Å². The van der Waals surface area contributed by atoms with Gasteiger partial charge in [-0.25, -0.2) is 0 Å². The number of nitrogens with zero attached hydrogens (tertiary/aromatic N) is 1. The second-order valence-electron chi connectivity index (χ2n) is 3.01. The Morgan fingerprint density at radius 1 is 1.46 bits per heavy atom. The Labute approximate surface area is 77.8 Å². The number of rotatable bonds is 2. The van der Waals surface area contributed by atoms with Crippen molar-refractivity contribution in [2.75, 3.05) is 0 Å². The summed E-state index contributed by atoms with van der Waals surface area (Å²) in [5.41, 5.74) is 2.73. The highest BCUT2D eigenvalue weighted by Gasteiger charge is 2.08. The van der Waals surface area contributed by atoms with Crippen molar-refractivity contribution in [3.63, 3.8) is 0 Å². The Morgan fingerprint density at radius 2 is 2.15 bits per heavy atom. The molecular weight excluding hydrogens is 162 g/mol. The van der Waals surface area contributed by atoms with E-state index in [2.05, 4.69) is 0 Å². The van der Waals surface area contributed by atoms with Crippen LogP contribution in [0.15, 0.2) is 18.2 Å². The van der Waals surface area contributed by atoms with Crippen molar-refractivity contribution in [1.29, 1.82) is 5.26 Å². The van der Waals surface area contributed by atoms with Crippen LogP contribution in [-0.4, -0.2) is 5.78 Å². The van der Waals surface area contributed by atoms with E-state index in [4.69, 9.17) is 5.26 Å². The number of benzene rings is 1. The van der Waals surface area contributed by atoms with Gasteiger partial charge in [0.15, 0.2) is 5.78 Å². The van der Waals surface area contributed by atoms with Crippen molar-refractivity contribution in [2.24, 2.45) is 0 Å². The number of hydrogen-bond acceptors (Lipinski definition) is 2. The minimum Gasteiger partial charge on any atom is -0.293 e. The fourth-order valence-electron chi connectivity index (χ4n) is 1.22. The molecule has 0 saturated heterocycles. The summed E-state index contributed by atoms with van der Waals surface area (Å²) in [4.78, 5) is 11.4. The molecule has 66 valence electrons. The van der Waals surface area contributed by atoms with Crippen molar-refractivity contribution in [3.05, 3.63) is 34.9 Å². The van der Waals surface area contributed by atoms with Gasteiger partial charge in [0.1, 0.15) is 0 Å². The number of hydrogen-bond donors (Lipinski definition) is 0. The zero-order valence-electron chi connectivity index (χ0n) is 7.79. The Kier molecular flexibility index (Phi) is 2.81. The normalized spacial score (nSPS) is 9.31.